The number of halogens is 2. The van der Waals surface area contributed by atoms with Crippen molar-refractivity contribution >= 4 is 17.5 Å². The molecule has 2 aromatic rings. The Kier molecular flexibility index (Phi) is 4.76. The third-order valence-corrected chi connectivity index (χ3v) is 4.27. The van der Waals surface area contributed by atoms with Crippen LogP contribution in [0.5, 0.6) is 5.75 Å². The monoisotopic (exact) mass is 347 g/mol. The number of amides is 1. The first kappa shape index (κ1) is 16.8. The molecular weight excluding hydrogens is 329 g/mol. The molecule has 0 fully saturated rings. The zero-order valence-electron chi connectivity index (χ0n) is 13.6. The van der Waals surface area contributed by atoms with E-state index in [2.05, 4.69) is 5.32 Å². The van der Waals surface area contributed by atoms with Crippen molar-refractivity contribution in [1.82, 2.24) is 5.32 Å². The number of nitrogens with one attached hydrogen (secondary N) is 1. The van der Waals surface area contributed by atoms with E-state index in [1.165, 1.54) is 6.07 Å². The Morgan fingerprint density at radius 1 is 1.33 bits per heavy atom. The number of rotatable bonds is 4. The summed E-state index contributed by atoms with van der Waals surface area (Å²) >= 11 is 5.96. The zero-order chi connectivity index (χ0) is 17.3. The molecule has 0 aromatic heterocycles. The van der Waals surface area contributed by atoms with Crippen molar-refractivity contribution in [1.29, 1.82) is 0 Å². The van der Waals surface area contributed by atoms with Gasteiger partial charge in [-0.1, -0.05) is 23.7 Å². The van der Waals surface area contributed by atoms with Gasteiger partial charge in [-0.3, -0.25) is 4.79 Å². The summed E-state index contributed by atoms with van der Waals surface area (Å²) in [4.78, 5) is 12.7. The molecule has 1 aliphatic carbocycles. The summed E-state index contributed by atoms with van der Waals surface area (Å²) in [6.45, 7) is 3.82. The van der Waals surface area contributed by atoms with Gasteiger partial charge in [0.2, 0.25) is 0 Å². The maximum atomic E-state index is 14.0. The molecule has 1 aliphatic rings. The molecule has 126 valence electrons. The Labute approximate surface area is 145 Å². The van der Waals surface area contributed by atoms with Crippen LogP contribution in [0.25, 0.3) is 0 Å². The number of hydrogen-bond donors (Lipinski definition) is 1. The van der Waals surface area contributed by atoms with Gasteiger partial charge in [-0.15, -0.1) is 0 Å². The smallest absolute Gasteiger partial charge is 0.255 e. The van der Waals surface area contributed by atoms with Crippen molar-refractivity contribution in [2.24, 2.45) is 0 Å². The van der Waals surface area contributed by atoms with E-state index in [-0.39, 0.29) is 23.9 Å². The van der Waals surface area contributed by atoms with Gasteiger partial charge in [0, 0.05) is 5.02 Å². The van der Waals surface area contributed by atoms with Gasteiger partial charge in [-0.05, 0) is 62.1 Å². The lowest BCUT2D eigenvalue weighted by molar-refractivity contribution is 0.0931. The second kappa shape index (κ2) is 6.81. The largest absolute Gasteiger partial charge is 0.490 e. The molecule has 0 aliphatic heterocycles. The van der Waals surface area contributed by atoms with Gasteiger partial charge < -0.3 is 10.1 Å². The first-order chi connectivity index (χ1) is 11.5. The zero-order valence-corrected chi connectivity index (χ0v) is 14.4. The minimum absolute atomic E-state index is 0.0286. The molecule has 0 radical (unpaired) electrons. The van der Waals surface area contributed by atoms with E-state index in [1.54, 1.807) is 24.3 Å². The fraction of sp³-hybridized carbons (Fsp3) is 0.316. The van der Waals surface area contributed by atoms with E-state index in [0.29, 0.717) is 34.7 Å². The maximum Gasteiger partial charge on any atom is 0.255 e. The van der Waals surface area contributed by atoms with Crippen LogP contribution in [0.15, 0.2) is 36.4 Å². The van der Waals surface area contributed by atoms with Gasteiger partial charge in [-0.2, -0.15) is 0 Å². The molecule has 0 bridgehead atoms. The number of fused-ring (bicyclic) bond motifs is 1. The van der Waals surface area contributed by atoms with Crippen LogP contribution in [0.1, 0.15) is 47.8 Å². The van der Waals surface area contributed by atoms with Gasteiger partial charge in [0.25, 0.3) is 5.91 Å². The summed E-state index contributed by atoms with van der Waals surface area (Å²) in [6, 6.07) is 9.92. The lowest BCUT2D eigenvalue weighted by Gasteiger charge is -2.17. The number of ether oxygens (including phenoxy) is 1. The molecule has 0 saturated carbocycles. The SMILES string of the molecule is CC(C)Oc1ccccc1C(=O)N[C@@H]1CCc2c(F)cc(Cl)cc21. The summed E-state index contributed by atoms with van der Waals surface area (Å²) in [6.07, 6.45) is 1.22. The number of carbonyl (C=O) groups excluding carboxylic acids is 1. The molecule has 3 nitrogen and oxygen atoms in total. The second-order valence-corrected chi connectivity index (χ2v) is 6.62. The van der Waals surface area contributed by atoms with Crippen molar-refractivity contribution in [3.63, 3.8) is 0 Å². The standard InChI is InChI=1S/C19H19ClFNO2/c1-11(2)24-18-6-4-3-5-14(18)19(23)22-17-8-7-13-15(17)9-12(20)10-16(13)21/h3-6,9-11,17H,7-8H2,1-2H3,(H,22,23)/t17-/m1/s1. The number of carbonyl (C=O) groups is 1. The molecule has 2 aromatic carbocycles. The average Bonchev–Trinajstić information content (AvgIpc) is 2.90. The molecule has 0 unspecified atom stereocenters. The molecule has 5 heteroatoms. The van der Waals surface area contributed by atoms with Crippen molar-refractivity contribution in [2.75, 3.05) is 0 Å². The van der Waals surface area contributed by atoms with Gasteiger partial charge in [0.1, 0.15) is 11.6 Å². The highest BCUT2D eigenvalue weighted by Crippen LogP contribution is 2.35. The molecule has 1 atom stereocenters. The predicted molar refractivity (Wildman–Crippen MR) is 92.1 cm³/mol. The molecule has 24 heavy (non-hydrogen) atoms. The molecule has 0 saturated heterocycles. The molecule has 1 amide bonds. The van der Waals surface area contributed by atoms with Crippen LogP contribution in [-0.4, -0.2) is 12.0 Å². The average molecular weight is 348 g/mol. The first-order valence-electron chi connectivity index (χ1n) is 8.00. The summed E-state index contributed by atoms with van der Waals surface area (Å²) in [7, 11) is 0. The fourth-order valence-electron chi connectivity index (χ4n) is 3.04. The topological polar surface area (TPSA) is 38.3 Å². The first-order valence-corrected chi connectivity index (χ1v) is 8.38. The van der Waals surface area contributed by atoms with Crippen LogP contribution in [0.4, 0.5) is 4.39 Å². The Balaban J connectivity index is 1.83. The lowest BCUT2D eigenvalue weighted by atomic mass is 10.1. The summed E-state index contributed by atoms with van der Waals surface area (Å²) in [5, 5.41) is 3.32. The highest BCUT2D eigenvalue weighted by atomic mass is 35.5. The highest BCUT2D eigenvalue weighted by molar-refractivity contribution is 6.30. The lowest BCUT2D eigenvalue weighted by Crippen LogP contribution is -2.28. The highest BCUT2D eigenvalue weighted by Gasteiger charge is 2.28. The van der Waals surface area contributed by atoms with Crippen molar-refractivity contribution in [3.8, 4) is 5.75 Å². The van der Waals surface area contributed by atoms with Crippen LogP contribution in [0.2, 0.25) is 5.02 Å². The molecule has 3 rings (SSSR count). The van der Waals surface area contributed by atoms with Gasteiger partial charge >= 0.3 is 0 Å². The minimum Gasteiger partial charge on any atom is -0.490 e. The van der Waals surface area contributed by atoms with Crippen LogP contribution >= 0.6 is 11.6 Å². The van der Waals surface area contributed by atoms with Gasteiger partial charge in [-0.25, -0.2) is 4.39 Å². The van der Waals surface area contributed by atoms with Crippen molar-refractivity contribution in [3.05, 3.63) is 63.9 Å². The third-order valence-electron chi connectivity index (χ3n) is 4.05. The quantitative estimate of drug-likeness (QED) is 0.871. The van der Waals surface area contributed by atoms with E-state index < -0.39 is 0 Å². The number of benzene rings is 2. The Hall–Kier alpha value is -2.07. The normalized spacial score (nSPS) is 16.1. The van der Waals surface area contributed by atoms with E-state index in [0.717, 1.165) is 5.56 Å². The van der Waals surface area contributed by atoms with Gasteiger partial charge in [0.15, 0.2) is 0 Å². The van der Waals surface area contributed by atoms with Crippen molar-refractivity contribution < 1.29 is 13.9 Å². The minimum atomic E-state index is -0.308. The van der Waals surface area contributed by atoms with E-state index >= 15 is 0 Å². The number of para-hydroxylation sites is 1. The number of hydrogen-bond acceptors (Lipinski definition) is 2. The summed E-state index contributed by atoms with van der Waals surface area (Å²) < 4.78 is 19.7. The maximum absolute atomic E-state index is 14.0. The Bertz CT molecular complexity index is 776. The summed E-state index contributed by atoms with van der Waals surface area (Å²) in [5.41, 5.74) is 1.87. The predicted octanol–water partition coefficient (Wildman–Crippen LogP) is 4.68. The molecule has 1 N–H and O–H groups in total. The van der Waals surface area contributed by atoms with E-state index in [1.807, 2.05) is 19.9 Å². The summed E-state index contributed by atoms with van der Waals surface area (Å²) in [5.74, 6) is 0.00256. The van der Waals surface area contributed by atoms with Crippen LogP contribution in [0, 0.1) is 5.82 Å². The van der Waals surface area contributed by atoms with Crippen LogP contribution < -0.4 is 10.1 Å². The van der Waals surface area contributed by atoms with E-state index in [4.69, 9.17) is 16.3 Å². The Morgan fingerprint density at radius 2 is 2.08 bits per heavy atom. The van der Waals surface area contributed by atoms with Crippen molar-refractivity contribution in [2.45, 2.75) is 38.8 Å². The second-order valence-electron chi connectivity index (χ2n) is 6.18. The Morgan fingerprint density at radius 3 is 2.83 bits per heavy atom. The van der Waals surface area contributed by atoms with Gasteiger partial charge in [0.05, 0.1) is 17.7 Å². The molecule has 0 spiro atoms. The third kappa shape index (κ3) is 3.39. The van der Waals surface area contributed by atoms with Crippen LogP contribution in [-0.2, 0) is 6.42 Å². The van der Waals surface area contributed by atoms with E-state index in [9.17, 15) is 9.18 Å². The fourth-order valence-corrected chi connectivity index (χ4v) is 3.25. The molecular formula is C19H19ClFNO2. The van der Waals surface area contributed by atoms with Crippen LogP contribution in [0.3, 0.4) is 0 Å². The molecule has 0 heterocycles.